The van der Waals surface area contributed by atoms with Crippen LogP contribution in [0.15, 0.2) is 42.5 Å². The van der Waals surface area contributed by atoms with Gasteiger partial charge in [0.25, 0.3) is 5.69 Å². The van der Waals surface area contributed by atoms with E-state index in [4.69, 9.17) is 0 Å². The van der Waals surface area contributed by atoms with Crippen molar-refractivity contribution >= 4 is 23.0 Å². The van der Waals surface area contributed by atoms with Gasteiger partial charge in [0.05, 0.1) is 22.7 Å². The summed E-state index contributed by atoms with van der Waals surface area (Å²) >= 11 is 0. The average Bonchev–Trinajstić information content (AvgIpc) is 2.74. The van der Waals surface area contributed by atoms with Crippen LogP contribution in [-0.4, -0.2) is 55.1 Å². The summed E-state index contributed by atoms with van der Waals surface area (Å²) in [5.74, 6) is -0.658. The number of halogens is 5. The molecule has 0 bridgehead atoms. The van der Waals surface area contributed by atoms with Gasteiger partial charge in [-0.05, 0) is 24.3 Å². The van der Waals surface area contributed by atoms with E-state index >= 15 is 0 Å². The predicted octanol–water partition coefficient (Wildman–Crippen LogP) is 3.98. The topological polar surface area (TPSA) is 88.0 Å². The molecule has 2 aromatic rings. The Bertz CT molecular complexity index is 1010. The molecule has 8 nitrogen and oxygen atoms in total. The Balaban J connectivity index is 1.61. The maximum atomic E-state index is 12.9. The van der Waals surface area contributed by atoms with Gasteiger partial charge in [-0.15, -0.1) is 0 Å². The molecule has 13 heteroatoms. The molecule has 33 heavy (non-hydrogen) atoms. The maximum Gasteiger partial charge on any atom is 0.416 e. The van der Waals surface area contributed by atoms with E-state index in [2.05, 4.69) is 10.1 Å². The average molecular weight is 474 g/mol. The minimum absolute atomic E-state index is 0.0650. The summed E-state index contributed by atoms with van der Waals surface area (Å²) < 4.78 is 68.1. The molecule has 1 aliphatic rings. The van der Waals surface area contributed by atoms with Crippen LogP contribution in [0.2, 0.25) is 0 Å². The molecule has 1 saturated heterocycles. The summed E-state index contributed by atoms with van der Waals surface area (Å²) in [5, 5.41) is 13.8. The van der Waals surface area contributed by atoms with Gasteiger partial charge < -0.3 is 15.0 Å². The highest BCUT2D eigenvalue weighted by Gasteiger charge is 2.34. The van der Waals surface area contributed by atoms with Crippen molar-refractivity contribution in [1.82, 2.24) is 4.90 Å². The Morgan fingerprint density at radius 1 is 1.12 bits per heavy atom. The van der Waals surface area contributed by atoms with Gasteiger partial charge in [0.2, 0.25) is 5.91 Å². The lowest BCUT2D eigenvalue weighted by atomic mass is 10.1. The largest absolute Gasteiger partial charge is 0.433 e. The Labute approximate surface area is 184 Å². The van der Waals surface area contributed by atoms with Gasteiger partial charge >= 0.3 is 12.8 Å². The van der Waals surface area contributed by atoms with Crippen molar-refractivity contribution in [1.29, 1.82) is 0 Å². The summed E-state index contributed by atoms with van der Waals surface area (Å²) in [6.07, 6.45) is -4.70. The lowest BCUT2D eigenvalue weighted by Gasteiger charge is -2.35. The summed E-state index contributed by atoms with van der Waals surface area (Å²) in [6, 6.07) is 8.10. The standard InChI is InChI=1S/C20H19F5N4O4/c21-19(22)33-17-4-2-1-3-14(17)26-18(30)12-27-7-9-28(10-8-27)15-6-5-13(20(23,24)25)11-16(15)29(31)32/h1-6,11,19H,7-10,12H2,(H,26,30). The maximum absolute atomic E-state index is 12.9. The third-order valence-electron chi connectivity index (χ3n) is 4.96. The first kappa shape index (κ1) is 24.2. The number of hydrogen-bond donors (Lipinski definition) is 1. The quantitative estimate of drug-likeness (QED) is 0.371. The molecule has 3 rings (SSSR count). The number of ether oxygens (including phenoxy) is 1. The zero-order chi connectivity index (χ0) is 24.2. The number of nitrogens with zero attached hydrogens (tertiary/aromatic N) is 3. The van der Waals surface area contributed by atoms with Crippen LogP contribution in [0.25, 0.3) is 0 Å². The number of alkyl halides is 5. The molecule has 1 N–H and O–H groups in total. The van der Waals surface area contributed by atoms with Gasteiger partial charge in [-0.25, -0.2) is 0 Å². The number of amides is 1. The molecule has 1 fully saturated rings. The fourth-order valence-electron chi connectivity index (χ4n) is 3.42. The van der Waals surface area contributed by atoms with Crippen LogP contribution < -0.4 is 15.0 Å². The Morgan fingerprint density at radius 2 is 1.79 bits per heavy atom. The Kier molecular flexibility index (Phi) is 7.31. The molecule has 178 valence electrons. The van der Waals surface area contributed by atoms with E-state index in [1.807, 2.05) is 0 Å². The van der Waals surface area contributed by atoms with Gasteiger partial charge in [0, 0.05) is 32.2 Å². The van der Waals surface area contributed by atoms with Crippen LogP contribution in [0.5, 0.6) is 5.75 Å². The molecule has 1 amide bonds. The van der Waals surface area contributed by atoms with Crippen molar-refractivity contribution in [3.8, 4) is 5.75 Å². The molecule has 1 aliphatic heterocycles. The number of carbonyl (C=O) groups excluding carboxylic acids is 1. The first-order valence-electron chi connectivity index (χ1n) is 9.71. The monoisotopic (exact) mass is 474 g/mol. The highest BCUT2D eigenvalue weighted by Crippen LogP contribution is 2.36. The normalized spacial score (nSPS) is 14.9. The molecule has 0 saturated carbocycles. The second kappa shape index (κ2) is 9.98. The number of nitro groups is 1. The molecule has 0 aromatic heterocycles. The fourth-order valence-corrected chi connectivity index (χ4v) is 3.42. The van der Waals surface area contributed by atoms with Crippen molar-refractivity contribution in [2.75, 3.05) is 42.9 Å². The van der Waals surface area contributed by atoms with Crippen molar-refractivity contribution < 1.29 is 36.4 Å². The van der Waals surface area contributed by atoms with Crippen molar-refractivity contribution in [3.05, 3.63) is 58.1 Å². The SMILES string of the molecule is O=C(CN1CCN(c2ccc(C(F)(F)F)cc2[N+](=O)[O-])CC1)Nc1ccccc1OC(F)F. The Morgan fingerprint density at radius 3 is 2.39 bits per heavy atom. The number of benzene rings is 2. The third-order valence-corrected chi connectivity index (χ3v) is 4.96. The second-order valence-electron chi connectivity index (χ2n) is 7.14. The summed E-state index contributed by atoms with van der Waals surface area (Å²) in [6.45, 7) is -2.03. The molecule has 0 spiro atoms. The number of hydrogen-bond acceptors (Lipinski definition) is 6. The number of rotatable bonds is 7. The molecule has 2 aromatic carbocycles. The molecule has 1 heterocycles. The fraction of sp³-hybridized carbons (Fsp3) is 0.350. The van der Waals surface area contributed by atoms with Crippen LogP contribution in [0.1, 0.15) is 5.56 Å². The minimum atomic E-state index is -4.70. The number of para-hydroxylation sites is 2. The summed E-state index contributed by atoms with van der Waals surface area (Å²) in [4.78, 5) is 26.1. The van der Waals surface area contributed by atoms with Crippen LogP contribution in [0, 0.1) is 10.1 Å². The van der Waals surface area contributed by atoms with Crippen LogP contribution in [0.4, 0.5) is 39.0 Å². The van der Waals surface area contributed by atoms with Crippen LogP contribution in [-0.2, 0) is 11.0 Å². The molecular formula is C20H19F5N4O4. The van der Waals surface area contributed by atoms with E-state index in [1.54, 1.807) is 15.9 Å². The van der Waals surface area contributed by atoms with E-state index in [0.29, 0.717) is 19.2 Å². The zero-order valence-corrected chi connectivity index (χ0v) is 17.0. The van der Waals surface area contributed by atoms with Gasteiger partial charge in [0.1, 0.15) is 11.4 Å². The summed E-state index contributed by atoms with van der Waals surface area (Å²) in [5.41, 5.74) is -1.60. The van der Waals surface area contributed by atoms with E-state index in [0.717, 1.165) is 12.1 Å². The highest BCUT2D eigenvalue weighted by atomic mass is 19.4. The van der Waals surface area contributed by atoms with Crippen LogP contribution >= 0.6 is 0 Å². The second-order valence-corrected chi connectivity index (χ2v) is 7.14. The molecule has 0 radical (unpaired) electrons. The predicted molar refractivity (Wildman–Crippen MR) is 108 cm³/mol. The van der Waals surface area contributed by atoms with Crippen molar-refractivity contribution in [2.45, 2.75) is 12.8 Å². The van der Waals surface area contributed by atoms with Crippen LogP contribution in [0.3, 0.4) is 0 Å². The number of anilines is 2. The van der Waals surface area contributed by atoms with Crippen molar-refractivity contribution in [3.63, 3.8) is 0 Å². The zero-order valence-electron chi connectivity index (χ0n) is 17.0. The molecular weight excluding hydrogens is 455 g/mol. The number of carbonyl (C=O) groups is 1. The summed E-state index contributed by atoms with van der Waals surface area (Å²) in [7, 11) is 0. The van der Waals surface area contributed by atoms with Gasteiger partial charge in [-0.1, -0.05) is 12.1 Å². The molecule has 0 unspecified atom stereocenters. The van der Waals surface area contributed by atoms with Gasteiger partial charge in [-0.2, -0.15) is 22.0 Å². The van der Waals surface area contributed by atoms with Gasteiger partial charge in [0.15, 0.2) is 0 Å². The number of piperazine rings is 1. The Hall–Kier alpha value is -3.48. The third kappa shape index (κ3) is 6.28. The smallest absolute Gasteiger partial charge is 0.416 e. The first-order chi connectivity index (χ1) is 15.5. The minimum Gasteiger partial charge on any atom is -0.433 e. The highest BCUT2D eigenvalue weighted by molar-refractivity contribution is 5.93. The molecule has 0 atom stereocenters. The van der Waals surface area contributed by atoms with E-state index in [1.165, 1.54) is 18.2 Å². The first-order valence-corrected chi connectivity index (χ1v) is 9.71. The van der Waals surface area contributed by atoms with E-state index < -0.39 is 34.9 Å². The van der Waals surface area contributed by atoms with Crippen molar-refractivity contribution in [2.24, 2.45) is 0 Å². The van der Waals surface area contributed by atoms with E-state index in [9.17, 15) is 36.9 Å². The van der Waals surface area contributed by atoms with Gasteiger partial charge in [-0.3, -0.25) is 19.8 Å². The van der Waals surface area contributed by atoms with E-state index in [-0.39, 0.29) is 36.8 Å². The molecule has 0 aliphatic carbocycles. The lowest BCUT2D eigenvalue weighted by molar-refractivity contribution is -0.384. The lowest BCUT2D eigenvalue weighted by Crippen LogP contribution is -2.48. The number of nitro benzene ring substituents is 1. The number of nitrogens with one attached hydrogen (secondary N) is 1.